The number of nitrogens with one attached hydrogen (secondary N) is 1. The molecule has 140 valence electrons. The summed E-state index contributed by atoms with van der Waals surface area (Å²) >= 11 is 0. The lowest BCUT2D eigenvalue weighted by Gasteiger charge is -2.23. The lowest BCUT2D eigenvalue weighted by Crippen LogP contribution is -2.48. The standard InChI is InChI=1S/C20H28N4O2/c1-13(2)17(19(21)25)22-20(26)18-15-10-6-7-11-16(15)23-24(18)12-14-8-4-3-5-9-14/h6-7,10-11,13-14,17H,3-5,8-9,12H2,1-2H3,(H2,21,25)(H,22,26)/t17-/m0/s1. The average molecular weight is 356 g/mol. The zero-order chi connectivity index (χ0) is 18.7. The van der Waals surface area contributed by atoms with E-state index >= 15 is 0 Å². The number of aromatic nitrogens is 2. The van der Waals surface area contributed by atoms with Crippen LogP contribution in [0.2, 0.25) is 0 Å². The molecule has 6 nitrogen and oxygen atoms in total. The topological polar surface area (TPSA) is 90.0 Å². The van der Waals surface area contributed by atoms with Crippen LogP contribution < -0.4 is 11.1 Å². The number of rotatable bonds is 6. The first kappa shape index (κ1) is 18.4. The third-order valence-corrected chi connectivity index (χ3v) is 5.28. The highest BCUT2D eigenvalue weighted by molar-refractivity contribution is 6.06. The van der Waals surface area contributed by atoms with E-state index in [9.17, 15) is 9.59 Å². The van der Waals surface area contributed by atoms with Crippen molar-refractivity contribution < 1.29 is 9.59 Å². The Bertz CT molecular complexity index is 790. The molecule has 1 aromatic heterocycles. The second-order valence-corrected chi connectivity index (χ2v) is 7.65. The summed E-state index contributed by atoms with van der Waals surface area (Å²) in [4.78, 5) is 24.7. The van der Waals surface area contributed by atoms with Crippen molar-refractivity contribution in [1.82, 2.24) is 15.1 Å². The van der Waals surface area contributed by atoms with Crippen LogP contribution in [0.25, 0.3) is 10.9 Å². The molecule has 0 saturated heterocycles. The molecule has 1 atom stereocenters. The van der Waals surface area contributed by atoms with E-state index in [1.807, 2.05) is 42.8 Å². The Morgan fingerprint density at radius 3 is 2.58 bits per heavy atom. The van der Waals surface area contributed by atoms with E-state index in [0.717, 1.165) is 17.4 Å². The number of hydrogen-bond donors (Lipinski definition) is 2. The maximum Gasteiger partial charge on any atom is 0.270 e. The maximum absolute atomic E-state index is 13.0. The molecule has 3 rings (SSSR count). The van der Waals surface area contributed by atoms with E-state index in [2.05, 4.69) is 10.4 Å². The molecule has 1 fully saturated rings. The Morgan fingerprint density at radius 2 is 1.92 bits per heavy atom. The lowest BCUT2D eigenvalue weighted by atomic mass is 9.89. The van der Waals surface area contributed by atoms with Crippen molar-refractivity contribution in [2.75, 3.05) is 0 Å². The van der Waals surface area contributed by atoms with Gasteiger partial charge in [-0.05, 0) is 30.7 Å². The number of nitrogens with zero attached hydrogens (tertiary/aromatic N) is 2. The molecule has 0 radical (unpaired) electrons. The van der Waals surface area contributed by atoms with Gasteiger partial charge in [0.05, 0.1) is 5.52 Å². The van der Waals surface area contributed by atoms with Gasteiger partial charge in [-0.1, -0.05) is 51.3 Å². The summed E-state index contributed by atoms with van der Waals surface area (Å²) in [7, 11) is 0. The number of hydrogen-bond acceptors (Lipinski definition) is 3. The molecular weight excluding hydrogens is 328 g/mol. The molecule has 1 heterocycles. The van der Waals surface area contributed by atoms with Crippen LogP contribution >= 0.6 is 0 Å². The van der Waals surface area contributed by atoms with Crippen LogP contribution in [-0.2, 0) is 11.3 Å². The molecule has 1 saturated carbocycles. The first-order valence-electron chi connectivity index (χ1n) is 9.53. The molecule has 1 aromatic carbocycles. The van der Waals surface area contributed by atoms with Crippen molar-refractivity contribution in [1.29, 1.82) is 0 Å². The third kappa shape index (κ3) is 3.89. The summed E-state index contributed by atoms with van der Waals surface area (Å²) in [5.41, 5.74) is 6.79. The number of fused-ring (bicyclic) bond motifs is 1. The molecule has 26 heavy (non-hydrogen) atoms. The number of benzene rings is 1. The van der Waals surface area contributed by atoms with Crippen molar-refractivity contribution in [3.63, 3.8) is 0 Å². The largest absolute Gasteiger partial charge is 0.368 e. The molecule has 1 aliphatic carbocycles. The molecule has 0 aliphatic heterocycles. The number of nitrogens with two attached hydrogens (primary N) is 1. The number of carbonyl (C=O) groups excluding carboxylic acids is 2. The normalized spacial score (nSPS) is 16.7. The molecular formula is C20H28N4O2. The van der Waals surface area contributed by atoms with Crippen LogP contribution in [0.15, 0.2) is 24.3 Å². The van der Waals surface area contributed by atoms with Gasteiger partial charge in [0.1, 0.15) is 11.7 Å². The Morgan fingerprint density at radius 1 is 1.23 bits per heavy atom. The fraction of sp³-hybridized carbons (Fsp3) is 0.550. The van der Waals surface area contributed by atoms with Gasteiger partial charge in [0.25, 0.3) is 5.91 Å². The van der Waals surface area contributed by atoms with Gasteiger partial charge in [0, 0.05) is 11.9 Å². The van der Waals surface area contributed by atoms with Gasteiger partial charge < -0.3 is 11.1 Å². The van der Waals surface area contributed by atoms with Crippen LogP contribution in [-0.4, -0.2) is 27.6 Å². The summed E-state index contributed by atoms with van der Waals surface area (Å²) in [6.07, 6.45) is 6.12. The Labute approximate surface area is 154 Å². The van der Waals surface area contributed by atoms with Gasteiger partial charge in [0.2, 0.25) is 5.91 Å². The highest BCUT2D eigenvalue weighted by Gasteiger charge is 2.27. The molecule has 3 N–H and O–H groups in total. The summed E-state index contributed by atoms with van der Waals surface area (Å²) in [5.74, 6) is -0.331. The van der Waals surface area contributed by atoms with Crippen molar-refractivity contribution >= 4 is 22.7 Å². The summed E-state index contributed by atoms with van der Waals surface area (Å²) in [5, 5.41) is 8.29. The predicted octanol–water partition coefficient (Wildman–Crippen LogP) is 2.86. The number of carbonyl (C=O) groups is 2. The average Bonchev–Trinajstić information content (AvgIpc) is 2.97. The SMILES string of the molecule is CC(C)[C@H](NC(=O)c1c2ccccc2nn1CC1CCCCC1)C(N)=O. The van der Waals surface area contributed by atoms with Crippen LogP contribution in [0.4, 0.5) is 0 Å². The second-order valence-electron chi connectivity index (χ2n) is 7.65. The van der Waals surface area contributed by atoms with Gasteiger partial charge in [-0.15, -0.1) is 0 Å². The highest BCUT2D eigenvalue weighted by atomic mass is 16.2. The zero-order valence-electron chi connectivity index (χ0n) is 15.6. The van der Waals surface area contributed by atoms with Crippen LogP contribution in [0.3, 0.4) is 0 Å². The van der Waals surface area contributed by atoms with Crippen molar-refractivity contribution in [3.05, 3.63) is 30.0 Å². The molecule has 0 bridgehead atoms. The minimum absolute atomic E-state index is 0.0718. The summed E-state index contributed by atoms with van der Waals surface area (Å²) in [6.45, 7) is 4.47. The van der Waals surface area contributed by atoms with Crippen LogP contribution in [0.5, 0.6) is 0 Å². The first-order valence-corrected chi connectivity index (χ1v) is 9.53. The zero-order valence-corrected chi connectivity index (χ0v) is 15.6. The fourth-order valence-electron chi connectivity index (χ4n) is 3.84. The molecule has 6 heteroatoms. The van der Waals surface area contributed by atoms with Gasteiger partial charge in [0.15, 0.2) is 0 Å². The van der Waals surface area contributed by atoms with E-state index < -0.39 is 11.9 Å². The molecule has 2 amide bonds. The minimum atomic E-state index is -0.695. The van der Waals surface area contributed by atoms with Crippen molar-refractivity contribution in [2.45, 2.75) is 58.5 Å². The van der Waals surface area contributed by atoms with E-state index in [1.165, 1.54) is 32.1 Å². The Kier molecular flexibility index (Phi) is 5.59. The van der Waals surface area contributed by atoms with Crippen molar-refractivity contribution in [2.24, 2.45) is 17.6 Å². The number of amides is 2. The molecule has 1 aliphatic rings. The minimum Gasteiger partial charge on any atom is -0.368 e. The fourth-order valence-corrected chi connectivity index (χ4v) is 3.84. The van der Waals surface area contributed by atoms with E-state index in [0.29, 0.717) is 11.6 Å². The smallest absolute Gasteiger partial charge is 0.270 e. The second kappa shape index (κ2) is 7.89. The van der Waals surface area contributed by atoms with E-state index in [1.54, 1.807) is 0 Å². The van der Waals surface area contributed by atoms with E-state index in [4.69, 9.17) is 5.73 Å². The van der Waals surface area contributed by atoms with Crippen LogP contribution in [0, 0.1) is 11.8 Å². The van der Waals surface area contributed by atoms with Crippen molar-refractivity contribution in [3.8, 4) is 0 Å². The number of primary amides is 1. The summed E-state index contributed by atoms with van der Waals surface area (Å²) in [6, 6.07) is 6.95. The Hall–Kier alpha value is -2.37. The molecule has 0 spiro atoms. The monoisotopic (exact) mass is 356 g/mol. The lowest BCUT2D eigenvalue weighted by molar-refractivity contribution is -0.120. The van der Waals surface area contributed by atoms with Crippen LogP contribution in [0.1, 0.15) is 56.4 Å². The van der Waals surface area contributed by atoms with Gasteiger partial charge >= 0.3 is 0 Å². The van der Waals surface area contributed by atoms with Gasteiger partial charge in [-0.25, -0.2) is 0 Å². The quantitative estimate of drug-likeness (QED) is 0.834. The maximum atomic E-state index is 13.0. The Balaban J connectivity index is 1.92. The van der Waals surface area contributed by atoms with Gasteiger partial charge in [-0.3, -0.25) is 14.3 Å². The predicted molar refractivity (Wildman–Crippen MR) is 102 cm³/mol. The highest BCUT2D eigenvalue weighted by Crippen LogP contribution is 2.27. The third-order valence-electron chi connectivity index (χ3n) is 5.28. The van der Waals surface area contributed by atoms with Gasteiger partial charge in [-0.2, -0.15) is 5.10 Å². The molecule has 2 aromatic rings. The molecule has 0 unspecified atom stereocenters. The summed E-state index contributed by atoms with van der Waals surface area (Å²) < 4.78 is 1.83. The first-order chi connectivity index (χ1) is 12.5. The van der Waals surface area contributed by atoms with E-state index in [-0.39, 0.29) is 11.8 Å².